The van der Waals surface area contributed by atoms with E-state index in [1.807, 2.05) is 55.5 Å². The molecule has 6 nitrogen and oxygen atoms in total. The third-order valence-corrected chi connectivity index (χ3v) is 5.18. The molecule has 3 N–H and O–H groups in total. The first kappa shape index (κ1) is 19.9. The molecule has 0 aromatic heterocycles. The number of likely N-dealkylation sites (tertiary alicyclic amines) is 1. The van der Waals surface area contributed by atoms with Crippen LogP contribution in [0.2, 0.25) is 0 Å². The van der Waals surface area contributed by atoms with Crippen LogP contribution in [0.1, 0.15) is 35.2 Å². The minimum atomic E-state index is -0.308. The van der Waals surface area contributed by atoms with Gasteiger partial charge in [-0.15, -0.1) is 0 Å². The Morgan fingerprint density at radius 3 is 2.21 bits per heavy atom. The van der Waals surface area contributed by atoms with Gasteiger partial charge in [-0.3, -0.25) is 4.79 Å². The van der Waals surface area contributed by atoms with Crippen LogP contribution >= 0.6 is 0 Å². The van der Waals surface area contributed by atoms with Crippen LogP contribution in [0, 0.1) is 0 Å². The highest BCUT2D eigenvalue weighted by Gasteiger charge is 2.51. The molecule has 1 fully saturated rings. The predicted molar refractivity (Wildman–Crippen MR) is 108 cm³/mol. The Morgan fingerprint density at radius 1 is 0.964 bits per heavy atom. The van der Waals surface area contributed by atoms with Gasteiger partial charge in [0.25, 0.3) is 5.91 Å². The van der Waals surface area contributed by atoms with Gasteiger partial charge < -0.3 is 20.6 Å². The van der Waals surface area contributed by atoms with E-state index in [2.05, 4.69) is 10.6 Å². The Hall–Kier alpha value is -2.86. The van der Waals surface area contributed by atoms with Gasteiger partial charge in [0, 0.05) is 24.6 Å². The van der Waals surface area contributed by atoms with E-state index in [4.69, 9.17) is 0 Å². The van der Waals surface area contributed by atoms with Crippen LogP contribution < -0.4 is 10.6 Å². The second kappa shape index (κ2) is 9.37. The Morgan fingerprint density at radius 2 is 1.61 bits per heavy atom. The molecule has 1 saturated heterocycles. The van der Waals surface area contributed by atoms with Crippen molar-refractivity contribution in [3.8, 4) is 0 Å². The van der Waals surface area contributed by atoms with Crippen molar-refractivity contribution in [3.05, 3.63) is 71.8 Å². The minimum absolute atomic E-state index is 0.0327. The van der Waals surface area contributed by atoms with Crippen LogP contribution in [-0.4, -0.2) is 53.7 Å². The van der Waals surface area contributed by atoms with Gasteiger partial charge in [0.2, 0.25) is 0 Å². The van der Waals surface area contributed by atoms with E-state index in [0.717, 1.165) is 12.0 Å². The van der Waals surface area contributed by atoms with Crippen LogP contribution in [0.15, 0.2) is 60.7 Å². The molecule has 1 heterocycles. The van der Waals surface area contributed by atoms with E-state index in [9.17, 15) is 14.7 Å². The second-order valence-electron chi connectivity index (χ2n) is 6.97. The van der Waals surface area contributed by atoms with Gasteiger partial charge >= 0.3 is 6.03 Å². The summed E-state index contributed by atoms with van der Waals surface area (Å²) in [7, 11) is 0. The Bertz CT molecular complexity index is 782. The smallest absolute Gasteiger partial charge is 0.318 e. The van der Waals surface area contributed by atoms with Crippen molar-refractivity contribution in [2.45, 2.75) is 31.3 Å². The largest absolute Gasteiger partial charge is 0.394 e. The monoisotopic (exact) mass is 381 g/mol. The molecule has 148 valence electrons. The molecular formula is C22H27N3O3. The summed E-state index contributed by atoms with van der Waals surface area (Å²) in [5.41, 5.74) is 1.64. The predicted octanol–water partition coefficient (Wildman–Crippen LogP) is 2.36. The van der Waals surface area contributed by atoms with Crippen molar-refractivity contribution in [3.63, 3.8) is 0 Å². The molecule has 3 atom stereocenters. The zero-order chi connectivity index (χ0) is 19.9. The zero-order valence-corrected chi connectivity index (χ0v) is 16.0. The average molecular weight is 381 g/mol. The number of carbonyl (C=O) groups excluding carboxylic acids is 2. The van der Waals surface area contributed by atoms with Crippen LogP contribution in [-0.2, 0) is 0 Å². The number of nitrogens with one attached hydrogen (secondary N) is 2. The molecule has 1 aliphatic heterocycles. The summed E-state index contributed by atoms with van der Waals surface area (Å²) in [5.74, 6) is -0.205. The summed E-state index contributed by atoms with van der Waals surface area (Å²) in [5, 5.41) is 15.8. The third kappa shape index (κ3) is 4.17. The van der Waals surface area contributed by atoms with Crippen molar-refractivity contribution in [1.29, 1.82) is 0 Å². The van der Waals surface area contributed by atoms with Gasteiger partial charge in [-0.2, -0.15) is 0 Å². The first-order chi connectivity index (χ1) is 13.7. The number of benzene rings is 2. The fourth-order valence-electron chi connectivity index (χ4n) is 3.81. The van der Waals surface area contributed by atoms with Crippen molar-refractivity contribution in [1.82, 2.24) is 15.5 Å². The minimum Gasteiger partial charge on any atom is -0.394 e. The topological polar surface area (TPSA) is 81.7 Å². The molecule has 0 saturated carbocycles. The lowest BCUT2D eigenvalue weighted by molar-refractivity contribution is -0.00687. The molecule has 0 unspecified atom stereocenters. The fourth-order valence-corrected chi connectivity index (χ4v) is 3.81. The summed E-state index contributed by atoms with van der Waals surface area (Å²) >= 11 is 0. The number of rotatable bonds is 7. The van der Waals surface area contributed by atoms with Crippen LogP contribution in [0.5, 0.6) is 0 Å². The van der Waals surface area contributed by atoms with Crippen molar-refractivity contribution < 1.29 is 14.7 Å². The number of aliphatic hydroxyl groups is 1. The number of urea groups is 1. The van der Waals surface area contributed by atoms with E-state index in [1.165, 1.54) is 0 Å². The quantitative estimate of drug-likeness (QED) is 0.689. The van der Waals surface area contributed by atoms with E-state index in [-0.39, 0.29) is 36.5 Å². The number of aliphatic hydroxyl groups excluding tert-OH is 1. The highest BCUT2D eigenvalue weighted by atomic mass is 16.3. The standard InChI is InChI=1S/C22H27N3O3/c1-2-13-23-22(28)25-18(14-24-21(27)17-11-7-4-8-12-17)20(19(25)15-26)16-9-5-3-6-10-16/h3-12,18-20,26H,2,13-15H2,1H3,(H,23,28)(H,24,27)/t18-,19-,20+/m1/s1. The van der Waals surface area contributed by atoms with Gasteiger partial charge in [0.1, 0.15) is 0 Å². The molecule has 3 amide bonds. The molecule has 6 heteroatoms. The summed E-state index contributed by atoms with van der Waals surface area (Å²) in [6.45, 7) is 2.77. The Balaban J connectivity index is 1.77. The molecule has 0 bridgehead atoms. The van der Waals surface area contributed by atoms with Gasteiger partial charge in [-0.25, -0.2) is 4.79 Å². The maximum absolute atomic E-state index is 12.6. The molecule has 1 aliphatic rings. The van der Waals surface area contributed by atoms with E-state index >= 15 is 0 Å². The molecule has 28 heavy (non-hydrogen) atoms. The van der Waals surface area contributed by atoms with Crippen LogP contribution in [0.4, 0.5) is 4.79 Å². The van der Waals surface area contributed by atoms with Crippen molar-refractivity contribution in [2.75, 3.05) is 19.7 Å². The third-order valence-electron chi connectivity index (χ3n) is 5.18. The SMILES string of the molecule is CCCNC(=O)N1[C@H](CO)[C@@H](c2ccccc2)[C@H]1CNC(=O)c1ccccc1. The number of nitrogens with zero attached hydrogens (tertiary/aromatic N) is 1. The number of carbonyl (C=O) groups is 2. The summed E-state index contributed by atoms with van der Waals surface area (Å²) in [6.07, 6.45) is 0.834. The van der Waals surface area contributed by atoms with E-state index in [0.29, 0.717) is 18.7 Å². The Kier molecular flexibility index (Phi) is 6.66. The molecule has 2 aromatic carbocycles. The summed E-state index contributed by atoms with van der Waals surface area (Å²) < 4.78 is 0. The van der Waals surface area contributed by atoms with Gasteiger partial charge in [0.05, 0.1) is 18.7 Å². The number of hydrogen-bond acceptors (Lipinski definition) is 3. The maximum atomic E-state index is 12.6. The Labute approximate surface area is 165 Å². The lowest BCUT2D eigenvalue weighted by Crippen LogP contribution is -2.70. The zero-order valence-electron chi connectivity index (χ0n) is 16.0. The van der Waals surface area contributed by atoms with Crippen molar-refractivity contribution >= 4 is 11.9 Å². The number of amides is 3. The van der Waals surface area contributed by atoms with E-state index < -0.39 is 0 Å². The molecule has 3 rings (SSSR count). The molecule has 2 aromatic rings. The first-order valence-electron chi connectivity index (χ1n) is 9.72. The van der Waals surface area contributed by atoms with Crippen LogP contribution in [0.3, 0.4) is 0 Å². The van der Waals surface area contributed by atoms with E-state index in [1.54, 1.807) is 17.0 Å². The maximum Gasteiger partial charge on any atom is 0.318 e. The highest BCUT2D eigenvalue weighted by Crippen LogP contribution is 2.40. The lowest BCUT2D eigenvalue weighted by Gasteiger charge is -2.54. The molecule has 0 spiro atoms. The van der Waals surface area contributed by atoms with Crippen LogP contribution in [0.25, 0.3) is 0 Å². The summed E-state index contributed by atoms with van der Waals surface area (Å²) in [6, 6.07) is 18.1. The first-order valence-corrected chi connectivity index (χ1v) is 9.72. The lowest BCUT2D eigenvalue weighted by atomic mass is 9.75. The average Bonchev–Trinajstić information content (AvgIpc) is 2.73. The normalized spacial score (nSPS) is 20.9. The van der Waals surface area contributed by atoms with Crippen molar-refractivity contribution in [2.24, 2.45) is 0 Å². The fraction of sp³-hybridized carbons (Fsp3) is 0.364. The van der Waals surface area contributed by atoms with Gasteiger partial charge in [-0.1, -0.05) is 55.5 Å². The highest BCUT2D eigenvalue weighted by molar-refractivity contribution is 5.94. The molecular weight excluding hydrogens is 354 g/mol. The van der Waals surface area contributed by atoms with Gasteiger partial charge in [0.15, 0.2) is 0 Å². The number of hydrogen-bond donors (Lipinski definition) is 3. The van der Waals surface area contributed by atoms with Gasteiger partial charge in [-0.05, 0) is 24.1 Å². The molecule has 0 aliphatic carbocycles. The molecule has 0 radical (unpaired) electrons. The second-order valence-corrected chi connectivity index (χ2v) is 6.97. The summed E-state index contributed by atoms with van der Waals surface area (Å²) in [4.78, 5) is 26.8.